The number of carbonyl (C=O) groups excluding carboxylic acids is 2. The van der Waals surface area contributed by atoms with E-state index in [0.717, 1.165) is 0 Å². The molecule has 0 heterocycles. The third-order valence-electron chi connectivity index (χ3n) is 5.65. The topological polar surface area (TPSA) is 114 Å². The number of para-hydroxylation sites is 1. The Morgan fingerprint density at radius 2 is 1.49 bits per heavy atom. The molecule has 0 bridgehead atoms. The summed E-state index contributed by atoms with van der Waals surface area (Å²) in [7, 11) is 0. The van der Waals surface area contributed by atoms with Crippen LogP contribution in [0.15, 0.2) is 103 Å². The van der Waals surface area contributed by atoms with Gasteiger partial charge in [-0.2, -0.15) is 0 Å². The molecule has 0 saturated carbocycles. The Morgan fingerprint density at radius 1 is 0.846 bits per heavy atom. The quantitative estimate of drug-likeness (QED) is 0.128. The lowest BCUT2D eigenvalue weighted by Gasteiger charge is -2.24. The van der Waals surface area contributed by atoms with Gasteiger partial charge < -0.3 is 15.4 Å². The molecule has 0 aliphatic carbocycles. The number of urea groups is 1. The Morgan fingerprint density at radius 3 is 2.13 bits per heavy atom. The second kappa shape index (κ2) is 13.1. The molecule has 39 heavy (non-hydrogen) atoms. The minimum Gasteiger partial charge on any atom is -0.457 e. The molecule has 0 fully saturated rings. The second-order valence-electron chi connectivity index (χ2n) is 8.41. The van der Waals surface area contributed by atoms with Gasteiger partial charge in [-0.3, -0.25) is 19.8 Å². The molecule has 2 N–H and O–H groups in total. The number of carbonyl (C=O) groups is 2. The van der Waals surface area contributed by atoms with Gasteiger partial charge in [-0.1, -0.05) is 29.8 Å². The largest absolute Gasteiger partial charge is 0.457 e. The van der Waals surface area contributed by atoms with E-state index >= 15 is 0 Å². The lowest BCUT2D eigenvalue weighted by atomic mass is 10.2. The number of rotatable bonds is 10. The first kappa shape index (κ1) is 27.2. The number of anilines is 2. The van der Waals surface area contributed by atoms with Gasteiger partial charge in [-0.05, 0) is 79.2 Å². The Hall–Kier alpha value is -4.89. The number of hydrogen-bond acceptors (Lipinski definition) is 5. The summed E-state index contributed by atoms with van der Waals surface area (Å²) < 4.78 is 5.84. The summed E-state index contributed by atoms with van der Waals surface area (Å²) in [5.41, 5.74) is 1.44. The first-order valence-corrected chi connectivity index (χ1v) is 12.5. The summed E-state index contributed by atoms with van der Waals surface area (Å²) in [5, 5.41) is 17.1. The van der Waals surface area contributed by atoms with Gasteiger partial charge in [-0.15, -0.1) is 0 Å². The Kier molecular flexibility index (Phi) is 9.10. The zero-order valence-electron chi connectivity index (χ0n) is 20.7. The summed E-state index contributed by atoms with van der Waals surface area (Å²) in [6, 6.07) is 28.1. The van der Waals surface area contributed by atoms with Crippen molar-refractivity contribution in [2.75, 3.05) is 23.3 Å². The Labute approximate surface area is 230 Å². The van der Waals surface area contributed by atoms with E-state index in [4.69, 9.17) is 16.3 Å². The molecule has 0 aromatic heterocycles. The number of halogens is 1. The Bertz CT molecular complexity index is 1410. The highest BCUT2D eigenvalue weighted by molar-refractivity contribution is 6.30. The number of hydrogen-bond donors (Lipinski definition) is 2. The van der Waals surface area contributed by atoms with E-state index in [0.29, 0.717) is 53.0 Å². The SMILES string of the molecule is O=C(NCCCN(C(=O)Nc1ccc([N+](=O)[O-])cc1)c1ccc(Oc2ccccc2)cc1)c1ccc(Cl)cc1. The van der Waals surface area contributed by atoms with Crippen molar-refractivity contribution in [1.29, 1.82) is 0 Å². The highest BCUT2D eigenvalue weighted by Crippen LogP contribution is 2.25. The zero-order chi connectivity index (χ0) is 27.6. The molecule has 3 amide bonds. The van der Waals surface area contributed by atoms with E-state index in [1.54, 1.807) is 48.5 Å². The smallest absolute Gasteiger partial charge is 0.326 e. The standard InChI is InChI=1S/C29H25ClN4O5/c30-22-9-7-21(8-10-22)28(35)31-19-4-20-33(29(36)32-23-11-13-25(14-12-23)34(37)38)24-15-17-27(18-16-24)39-26-5-2-1-3-6-26/h1-3,5-18H,4,19-20H2,(H,31,35)(H,32,36). The predicted octanol–water partition coefficient (Wildman–Crippen LogP) is 6.90. The van der Waals surface area contributed by atoms with Gasteiger partial charge in [0.15, 0.2) is 0 Å². The summed E-state index contributed by atoms with van der Waals surface area (Å²) in [6.07, 6.45) is 0.468. The number of non-ortho nitro benzene ring substituents is 1. The lowest BCUT2D eigenvalue weighted by molar-refractivity contribution is -0.384. The molecule has 0 spiro atoms. The van der Waals surface area contributed by atoms with Gasteiger partial charge in [0, 0.05) is 47.2 Å². The number of amides is 3. The average Bonchev–Trinajstić information content (AvgIpc) is 2.95. The molecule has 0 unspecified atom stereocenters. The number of nitro groups is 1. The van der Waals surface area contributed by atoms with E-state index in [-0.39, 0.29) is 11.6 Å². The molecule has 10 heteroatoms. The maximum absolute atomic E-state index is 13.2. The van der Waals surface area contributed by atoms with Crippen molar-refractivity contribution in [3.05, 3.63) is 124 Å². The molecular weight excluding hydrogens is 520 g/mol. The van der Waals surface area contributed by atoms with E-state index in [1.807, 2.05) is 30.3 Å². The van der Waals surface area contributed by atoms with E-state index in [1.165, 1.54) is 29.2 Å². The van der Waals surface area contributed by atoms with Crippen LogP contribution in [0.2, 0.25) is 5.02 Å². The first-order valence-electron chi connectivity index (χ1n) is 12.1. The van der Waals surface area contributed by atoms with E-state index < -0.39 is 11.0 Å². The molecule has 198 valence electrons. The van der Waals surface area contributed by atoms with Crippen LogP contribution in [-0.2, 0) is 0 Å². The van der Waals surface area contributed by atoms with Crippen LogP contribution in [0.5, 0.6) is 11.5 Å². The van der Waals surface area contributed by atoms with Gasteiger partial charge in [0.25, 0.3) is 11.6 Å². The molecule has 0 saturated heterocycles. The normalized spacial score (nSPS) is 10.4. The van der Waals surface area contributed by atoms with Gasteiger partial charge in [-0.25, -0.2) is 4.79 Å². The summed E-state index contributed by atoms with van der Waals surface area (Å²) in [5.74, 6) is 1.06. The van der Waals surface area contributed by atoms with Crippen molar-refractivity contribution in [3.8, 4) is 11.5 Å². The van der Waals surface area contributed by atoms with Crippen molar-refractivity contribution in [2.24, 2.45) is 0 Å². The van der Waals surface area contributed by atoms with Gasteiger partial charge >= 0.3 is 6.03 Å². The third-order valence-corrected chi connectivity index (χ3v) is 5.90. The highest BCUT2D eigenvalue weighted by atomic mass is 35.5. The van der Waals surface area contributed by atoms with E-state index in [2.05, 4.69) is 10.6 Å². The zero-order valence-corrected chi connectivity index (χ0v) is 21.5. The average molecular weight is 545 g/mol. The molecule has 0 radical (unpaired) electrons. The van der Waals surface area contributed by atoms with Crippen molar-refractivity contribution in [1.82, 2.24) is 5.32 Å². The summed E-state index contributed by atoms with van der Waals surface area (Å²) >= 11 is 5.88. The molecule has 4 aromatic carbocycles. The number of nitrogens with zero attached hydrogens (tertiary/aromatic N) is 2. The maximum Gasteiger partial charge on any atom is 0.326 e. The molecular formula is C29H25ClN4O5. The first-order chi connectivity index (χ1) is 18.9. The van der Waals surface area contributed by atoms with Crippen LogP contribution in [0.1, 0.15) is 16.8 Å². The fourth-order valence-corrected chi connectivity index (χ4v) is 3.79. The van der Waals surface area contributed by atoms with Gasteiger partial charge in [0.1, 0.15) is 11.5 Å². The summed E-state index contributed by atoms with van der Waals surface area (Å²) in [4.78, 5) is 37.6. The molecule has 4 aromatic rings. The molecule has 0 aliphatic heterocycles. The second-order valence-corrected chi connectivity index (χ2v) is 8.85. The predicted molar refractivity (Wildman–Crippen MR) is 151 cm³/mol. The van der Waals surface area contributed by atoms with Crippen LogP contribution in [0, 0.1) is 10.1 Å². The minimum absolute atomic E-state index is 0.0738. The number of ether oxygens (including phenoxy) is 1. The van der Waals surface area contributed by atoms with E-state index in [9.17, 15) is 19.7 Å². The van der Waals surface area contributed by atoms with Crippen molar-refractivity contribution < 1.29 is 19.2 Å². The molecule has 0 atom stereocenters. The van der Waals surface area contributed by atoms with Crippen molar-refractivity contribution in [3.63, 3.8) is 0 Å². The highest BCUT2D eigenvalue weighted by Gasteiger charge is 2.17. The van der Waals surface area contributed by atoms with Crippen LogP contribution in [0.3, 0.4) is 0 Å². The summed E-state index contributed by atoms with van der Waals surface area (Å²) in [6.45, 7) is 0.622. The number of nitrogens with one attached hydrogen (secondary N) is 2. The number of benzene rings is 4. The minimum atomic E-state index is -0.505. The molecule has 4 rings (SSSR count). The fourth-order valence-electron chi connectivity index (χ4n) is 3.67. The molecule has 9 nitrogen and oxygen atoms in total. The van der Waals surface area contributed by atoms with Crippen LogP contribution in [0.25, 0.3) is 0 Å². The van der Waals surface area contributed by atoms with Crippen LogP contribution in [-0.4, -0.2) is 30.0 Å². The third kappa shape index (κ3) is 7.80. The lowest BCUT2D eigenvalue weighted by Crippen LogP contribution is -2.37. The fraction of sp³-hybridized carbons (Fsp3) is 0.103. The van der Waals surface area contributed by atoms with Crippen LogP contribution >= 0.6 is 11.6 Å². The monoisotopic (exact) mass is 544 g/mol. The maximum atomic E-state index is 13.2. The Balaban J connectivity index is 1.43. The molecule has 0 aliphatic rings. The van der Waals surface area contributed by atoms with Crippen molar-refractivity contribution >= 4 is 40.6 Å². The van der Waals surface area contributed by atoms with Crippen LogP contribution in [0.4, 0.5) is 21.9 Å². The van der Waals surface area contributed by atoms with Crippen LogP contribution < -0.4 is 20.3 Å². The van der Waals surface area contributed by atoms with Crippen molar-refractivity contribution in [2.45, 2.75) is 6.42 Å². The van der Waals surface area contributed by atoms with Gasteiger partial charge in [0.05, 0.1) is 4.92 Å². The number of nitro benzene ring substituents is 1. The van der Waals surface area contributed by atoms with Gasteiger partial charge in [0.2, 0.25) is 0 Å².